The van der Waals surface area contributed by atoms with Gasteiger partial charge in [0, 0.05) is 31.3 Å². The molecule has 7 nitrogen and oxygen atoms in total. The number of rotatable bonds is 6. The summed E-state index contributed by atoms with van der Waals surface area (Å²) in [6.45, 7) is 5.80. The van der Waals surface area contributed by atoms with Crippen molar-refractivity contribution in [3.05, 3.63) is 51.5 Å². The molecule has 1 fully saturated rings. The van der Waals surface area contributed by atoms with E-state index < -0.39 is 0 Å². The molecule has 2 aromatic heterocycles. The van der Waals surface area contributed by atoms with Crippen molar-refractivity contribution in [1.29, 1.82) is 0 Å². The molecule has 3 aromatic rings. The Hall–Kier alpha value is -2.61. The number of likely N-dealkylation sites (tertiary alicyclic amines) is 1. The monoisotopic (exact) mass is 438 g/mol. The van der Waals surface area contributed by atoms with Crippen LogP contribution in [0.25, 0.3) is 11.0 Å². The zero-order valence-electron chi connectivity index (χ0n) is 18.8. The molecule has 32 heavy (non-hydrogen) atoms. The third kappa shape index (κ3) is 4.20. The lowest BCUT2D eigenvalue weighted by atomic mass is 9.97. The molecular weight excluding hydrogens is 407 g/mol. The first-order valence-corrected chi connectivity index (χ1v) is 11.9. The summed E-state index contributed by atoms with van der Waals surface area (Å²) >= 11 is 0. The van der Waals surface area contributed by atoms with Crippen molar-refractivity contribution in [3.8, 4) is 0 Å². The highest BCUT2D eigenvalue weighted by atomic mass is 19.1. The van der Waals surface area contributed by atoms with Gasteiger partial charge in [-0.1, -0.05) is 5.21 Å². The van der Waals surface area contributed by atoms with Crippen molar-refractivity contribution in [2.75, 3.05) is 19.6 Å². The minimum Gasteiger partial charge on any atom is -0.303 e. The van der Waals surface area contributed by atoms with Gasteiger partial charge in [0.25, 0.3) is 5.56 Å². The van der Waals surface area contributed by atoms with Gasteiger partial charge < -0.3 is 4.90 Å². The third-order valence-electron chi connectivity index (χ3n) is 7.07. The smallest absolute Gasteiger partial charge is 0.256 e. The van der Waals surface area contributed by atoms with E-state index in [4.69, 9.17) is 4.98 Å². The summed E-state index contributed by atoms with van der Waals surface area (Å²) in [6.07, 6.45) is 8.16. The van der Waals surface area contributed by atoms with Crippen LogP contribution in [0.2, 0.25) is 0 Å². The van der Waals surface area contributed by atoms with E-state index in [0.29, 0.717) is 11.6 Å². The second-order valence-electron chi connectivity index (χ2n) is 9.20. The topological polar surface area (TPSA) is 68.8 Å². The molecule has 0 atom stereocenters. The molecule has 0 unspecified atom stereocenters. The van der Waals surface area contributed by atoms with Gasteiger partial charge in [-0.2, -0.15) is 0 Å². The number of piperidine rings is 1. The van der Waals surface area contributed by atoms with Crippen LogP contribution in [0.4, 0.5) is 4.39 Å². The average molecular weight is 439 g/mol. The fraction of sp³-hybridized carbons (Fsp3) is 0.583. The van der Waals surface area contributed by atoms with E-state index >= 15 is 0 Å². The zero-order valence-corrected chi connectivity index (χ0v) is 18.8. The van der Waals surface area contributed by atoms with Crippen molar-refractivity contribution in [2.45, 2.75) is 70.9 Å². The number of hydrogen-bond donors (Lipinski definition) is 0. The van der Waals surface area contributed by atoms with E-state index in [-0.39, 0.29) is 11.4 Å². The molecular formula is C24H31FN6O. The molecule has 0 spiro atoms. The minimum absolute atomic E-state index is 0.188. The van der Waals surface area contributed by atoms with Gasteiger partial charge >= 0.3 is 0 Å². The Morgan fingerprint density at radius 1 is 1.09 bits per heavy atom. The molecule has 2 aliphatic rings. The number of benzene rings is 1. The molecule has 170 valence electrons. The number of halogens is 1. The highest BCUT2D eigenvalue weighted by Gasteiger charge is 2.23. The highest BCUT2D eigenvalue weighted by Crippen LogP contribution is 2.26. The summed E-state index contributed by atoms with van der Waals surface area (Å²) in [6, 6.07) is 5.00. The van der Waals surface area contributed by atoms with Gasteiger partial charge in [-0.25, -0.2) is 14.1 Å². The Kier molecular flexibility index (Phi) is 6.04. The molecule has 0 bridgehead atoms. The predicted molar refractivity (Wildman–Crippen MR) is 121 cm³/mol. The Morgan fingerprint density at radius 2 is 1.88 bits per heavy atom. The summed E-state index contributed by atoms with van der Waals surface area (Å²) in [4.78, 5) is 20.1. The summed E-state index contributed by atoms with van der Waals surface area (Å²) in [5.74, 6) is 0.583. The Labute approximate surface area is 187 Å². The van der Waals surface area contributed by atoms with E-state index in [0.717, 1.165) is 100 Å². The van der Waals surface area contributed by atoms with Crippen LogP contribution in [-0.2, 0) is 19.4 Å². The summed E-state index contributed by atoms with van der Waals surface area (Å²) in [7, 11) is 0. The maximum atomic E-state index is 13.4. The molecule has 3 heterocycles. The third-order valence-corrected chi connectivity index (χ3v) is 7.07. The highest BCUT2D eigenvalue weighted by molar-refractivity contribution is 5.74. The molecule has 0 N–H and O–H groups in total. The zero-order chi connectivity index (χ0) is 22.1. The molecule has 1 aromatic carbocycles. The van der Waals surface area contributed by atoms with Crippen LogP contribution in [0.15, 0.2) is 23.0 Å². The van der Waals surface area contributed by atoms with E-state index in [1.54, 1.807) is 6.07 Å². The number of hydrogen-bond acceptors (Lipinski definition) is 5. The fourth-order valence-corrected chi connectivity index (χ4v) is 5.25. The van der Waals surface area contributed by atoms with Crippen LogP contribution in [-0.4, -0.2) is 49.1 Å². The van der Waals surface area contributed by atoms with Gasteiger partial charge in [0.05, 0.1) is 17.3 Å². The lowest BCUT2D eigenvalue weighted by molar-refractivity contribution is 0.177. The second-order valence-corrected chi connectivity index (χ2v) is 9.20. The van der Waals surface area contributed by atoms with Gasteiger partial charge in [-0.05, 0) is 77.0 Å². The number of fused-ring (bicyclic) bond motifs is 2. The van der Waals surface area contributed by atoms with Crippen molar-refractivity contribution >= 4 is 11.0 Å². The molecule has 0 amide bonds. The quantitative estimate of drug-likeness (QED) is 0.552. The van der Waals surface area contributed by atoms with Gasteiger partial charge in [-0.15, -0.1) is 5.10 Å². The van der Waals surface area contributed by atoms with Crippen molar-refractivity contribution in [3.63, 3.8) is 0 Å². The number of unbranched alkanes of at least 4 members (excludes halogenated alkanes) is 1. The van der Waals surface area contributed by atoms with E-state index in [2.05, 4.69) is 15.2 Å². The van der Waals surface area contributed by atoms with E-state index in [9.17, 15) is 9.18 Å². The maximum absolute atomic E-state index is 13.4. The van der Waals surface area contributed by atoms with Crippen molar-refractivity contribution < 1.29 is 4.39 Å². The first-order valence-electron chi connectivity index (χ1n) is 11.9. The Morgan fingerprint density at radius 3 is 2.72 bits per heavy atom. The van der Waals surface area contributed by atoms with Gasteiger partial charge in [0.2, 0.25) is 0 Å². The molecule has 5 rings (SSSR count). The molecule has 1 saturated heterocycles. The molecule has 0 saturated carbocycles. The molecule has 8 heteroatoms. The van der Waals surface area contributed by atoms with E-state index in [1.807, 2.05) is 16.2 Å². The van der Waals surface area contributed by atoms with Crippen LogP contribution < -0.4 is 5.56 Å². The second kappa shape index (κ2) is 9.10. The number of nitrogens with zero attached hydrogens (tertiary/aromatic N) is 6. The van der Waals surface area contributed by atoms with Crippen LogP contribution in [0, 0.1) is 12.7 Å². The van der Waals surface area contributed by atoms with Crippen LogP contribution in [0.3, 0.4) is 0 Å². The van der Waals surface area contributed by atoms with Gasteiger partial charge in [0.15, 0.2) is 0 Å². The van der Waals surface area contributed by atoms with Gasteiger partial charge in [0.1, 0.15) is 17.2 Å². The Bertz CT molecular complexity index is 1160. The fourth-order valence-electron chi connectivity index (χ4n) is 5.25. The normalized spacial score (nSPS) is 17.7. The SMILES string of the molecule is Cc1nc2c(c(=O)n1CCCCN1CCC(n3nnc4cc(F)ccc43)CC1)CCCC2. The standard InChI is InChI=1S/C24H31FN6O/c1-17-26-21-7-3-2-6-20(21)24(32)30(17)13-5-4-12-29-14-10-19(11-15-29)31-23-9-8-18(25)16-22(23)27-28-31/h8-9,16,19H,2-7,10-15H2,1H3. The lowest BCUT2D eigenvalue weighted by Gasteiger charge is -2.32. The number of aromatic nitrogens is 5. The maximum Gasteiger partial charge on any atom is 0.256 e. The van der Waals surface area contributed by atoms with Crippen LogP contribution in [0.1, 0.15) is 61.6 Å². The summed E-state index contributed by atoms with van der Waals surface area (Å²) in [5, 5.41) is 8.41. The summed E-state index contributed by atoms with van der Waals surface area (Å²) < 4.78 is 17.3. The van der Waals surface area contributed by atoms with Crippen molar-refractivity contribution in [2.24, 2.45) is 0 Å². The molecule has 0 radical (unpaired) electrons. The number of aryl methyl sites for hydroxylation is 2. The average Bonchev–Trinajstić information content (AvgIpc) is 3.22. The first-order chi connectivity index (χ1) is 15.6. The predicted octanol–water partition coefficient (Wildman–Crippen LogP) is 3.43. The van der Waals surface area contributed by atoms with Crippen LogP contribution >= 0.6 is 0 Å². The summed E-state index contributed by atoms with van der Waals surface area (Å²) in [5.41, 5.74) is 3.70. The first kappa shape index (κ1) is 21.2. The van der Waals surface area contributed by atoms with E-state index in [1.165, 1.54) is 12.1 Å². The lowest BCUT2D eigenvalue weighted by Crippen LogP contribution is -2.36. The van der Waals surface area contributed by atoms with Crippen molar-refractivity contribution in [1.82, 2.24) is 29.4 Å². The Balaban J connectivity index is 1.12. The van der Waals surface area contributed by atoms with Gasteiger partial charge in [-0.3, -0.25) is 9.36 Å². The van der Waals surface area contributed by atoms with Crippen LogP contribution in [0.5, 0.6) is 0 Å². The molecule has 1 aliphatic heterocycles. The largest absolute Gasteiger partial charge is 0.303 e. The molecule has 1 aliphatic carbocycles. The minimum atomic E-state index is -0.275.